The van der Waals surface area contributed by atoms with Crippen molar-refractivity contribution in [2.24, 2.45) is 0 Å². The summed E-state index contributed by atoms with van der Waals surface area (Å²) in [7, 11) is 0. The van der Waals surface area contributed by atoms with Crippen LogP contribution in [0.3, 0.4) is 0 Å². The summed E-state index contributed by atoms with van der Waals surface area (Å²) in [5, 5.41) is 11.2. The van der Waals surface area contributed by atoms with Crippen LogP contribution in [0.1, 0.15) is 16.9 Å². The van der Waals surface area contributed by atoms with Gasteiger partial charge in [0.05, 0.1) is 16.0 Å². The van der Waals surface area contributed by atoms with Crippen LogP contribution in [0.25, 0.3) is 33.4 Å². The molecule has 0 radical (unpaired) electrons. The first-order chi connectivity index (χ1) is 14.8. The molecule has 0 aliphatic heterocycles. The second-order valence-electron chi connectivity index (χ2n) is 7.22. The number of rotatable bonds is 3. The van der Waals surface area contributed by atoms with E-state index >= 15 is 0 Å². The van der Waals surface area contributed by atoms with Gasteiger partial charge in [-0.1, -0.05) is 29.0 Å². The molecule has 3 heterocycles. The highest BCUT2D eigenvalue weighted by atomic mass is 35.5. The van der Waals surface area contributed by atoms with E-state index in [-0.39, 0.29) is 16.3 Å². The minimum absolute atomic E-state index is 0.0581. The minimum Gasteiger partial charge on any atom is -0.457 e. The van der Waals surface area contributed by atoms with Crippen molar-refractivity contribution in [2.45, 2.75) is 13.8 Å². The van der Waals surface area contributed by atoms with Crippen LogP contribution in [0.15, 0.2) is 51.7 Å². The lowest BCUT2D eigenvalue weighted by Crippen LogP contribution is -2.22. The number of nitro groups is 1. The number of benzene rings is 2. The number of imidazole rings is 1. The van der Waals surface area contributed by atoms with E-state index < -0.39 is 4.92 Å². The molecule has 9 heteroatoms. The molecule has 154 valence electrons. The largest absolute Gasteiger partial charge is 0.457 e. The lowest BCUT2D eigenvalue weighted by Gasteiger charge is -1.99. The second-order valence-corrected chi connectivity index (χ2v) is 8.64. The third kappa shape index (κ3) is 3.20. The summed E-state index contributed by atoms with van der Waals surface area (Å²) >= 11 is 7.17. The highest BCUT2D eigenvalue weighted by Crippen LogP contribution is 2.31. The van der Waals surface area contributed by atoms with Gasteiger partial charge in [0.15, 0.2) is 4.96 Å². The Hall–Kier alpha value is -3.49. The molecule has 0 N–H and O–H groups in total. The SMILES string of the molecule is Cc1cc(C)c2nc3s/c(=C\c4ccc(-c5ccc(Cl)c([N+](=O)[O-])c5)o4)c(=O)n3c2c1. The van der Waals surface area contributed by atoms with E-state index in [2.05, 4.69) is 4.98 Å². The summed E-state index contributed by atoms with van der Waals surface area (Å²) < 4.78 is 7.93. The van der Waals surface area contributed by atoms with Gasteiger partial charge in [0.25, 0.3) is 11.2 Å². The van der Waals surface area contributed by atoms with Gasteiger partial charge in [-0.2, -0.15) is 0 Å². The normalized spacial score (nSPS) is 12.3. The van der Waals surface area contributed by atoms with E-state index in [1.54, 1.807) is 28.7 Å². The molecule has 0 unspecified atom stereocenters. The smallest absolute Gasteiger partial charge is 0.288 e. The number of nitrogens with zero attached hydrogens (tertiary/aromatic N) is 3. The Kier molecular flexibility index (Phi) is 4.42. The fraction of sp³-hybridized carbons (Fsp3) is 0.0909. The van der Waals surface area contributed by atoms with Crippen LogP contribution in [-0.4, -0.2) is 14.3 Å². The standard InChI is InChI=1S/C22H14ClN3O4S/c1-11-7-12(2)20-17(8-11)25-21(27)19(31-22(25)24-20)10-14-4-6-18(30-14)13-3-5-15(23)16(9-13)26(28)29/h3-10H,1-2H3/b19-10-. The van der Waals surface area contributed by atoms with Gasteiger partial charge in [0, 0.05) is 17.7 Å². The first-order valence-electron chi connectivity index (χ1n) is 9.30. The molecular weight excluding hydrogens is 438 g/mol. The summed E-state index contributed by atoms with van der Waals surface area (Å²) in [6, 6.07) is 11.9. The molecule has 0 aliphatic rings. The van der Waals surface area contributed by atoms with Crippen LogP contribution in [0.4, 0.5) is 5.69 Å². The molecule has 7 nitrogen and oxygen atoms in total. The molecule has 5 aromatic rings. The first kappa shape index (κ1) is 19.5. The van der Waals surface area contributed by atoms with Crippen LogP contribution in [0.2, 0.25) is 5.02 Å². The monoisotopic (exact) mass is 451 g/mol. The number of thiazole rings is 1. The first-order valence-corrected chi connectivity index (χ1v) is 10.5. The van der Waals surface area contributed by atoms with Gasteiger partial charge < -0.3 is 4.42 Å². The van der Waals surface area contributed by atoms with Gasteiger partial charge in [-0.15, -0.1) is 0 Å². The number of furan rings is 1. The summed E-state index contributed by atoms with van der Waals surface area (Å²) in [6.07, 6.45) is 1.66. The third-order valence-corrected chi connectivity index (χ3v) is 6.30. The fourth-order valence-electron chi connectivity index (χ4n) is 3.63. The average Bonchev–Trinajstić information content (AvgIpc) is 3.39. The Labute approximate surface area is 184 Å². The maximum atomic E-state index is 13.0. The molecule has 0 saturated heterocycles. The van der Waals surface area contributed by atoms with Crippen molar-refractivity contribution < 1.29 is 9.34 Å². The Morgan fingerprint density at radius 3 is 2.77 bits per heavy atom. The van der Waals surface area contributed by atoms with Crippen molar-refractivity contribution in [3.05, 3.63) is 89.4 Å². The summed E-state index contributed by atoms with van der Waals surface area (Å²) in [6.45, 7) is 3.97. The van der Waals surface area contributed by atoms with E-state index in [0.29, 0.717) is 26.6 Å². The second kappa shape index (κ2) is 7.04. The highest BCUT2D eigenvalue weighted by Gasteiger charge is 2.16. The van der Waals surface area contributed by atoms with E-state index in [1.807, 2.05) is 26.0 Å². The molecule has 0 bridgehead atoms. The number of hydrogen-bond acceptors (Lipinski definition) is 6. The van der Waals surface area contributed by atoms with Gasteiger partial charge in [-0.05, 0) is 55.3 Å². The molecule has 3 aromatic heterocycles. The third-order valence-electron chi connectivity index (χ3n) is 5.01. The van der Waals surface area contributed by atoms with Crippen LogP contribution < -0.4 is 10.1 Å². The van der Waals surface area contributed by atoms with Gasteiger partial charge in [0.2, 0.25) is 0 Å². The van der Waals surface area contributed by atoms with Crippen molar-refractivity contribution in [1.82, 2.24) is 9.38 Å². The van der Waals surface area contributed by atoms with Gasteiger partial charge in [-0.25, -0.2) is 9.38 Å². The molecule has 0 atom stereocenters. The zero-order valence-electron chi connectivity index (χ0n) is 16.4. The lowest BCUT2D eigenvalue weighted by atomic mass is 10.1. The highest BCUT2D eigenvalue weighted by molar-refractivity contribution is 7.15. The number of fused-ring (bicyclic) bond motifs is 3. The van der Waals surface area contributed by atoms with Crippen LogP contribution in [0.5, 0.6) is 0 Å². The number of aryl methyl sites for hydroxylation is 2. The molecule has 0 fully saturated rings. The average molecular weight is 452 g/mol. The predicted molar refractivity (Wildman–Crippen MR) is 121 cm³/mol. The van der Waals surface area contributed by atoms with E-state index in [1.165, 1.54) is 23.5 Å². The molecule has 2 aromatic carbocycles. The van der Waals surface area contributed by atoms with Crippen molar-refractivity contribution in [1.29, 1.82) is 0 Å². The Balaban J connectivity index is 1.60. The van der Waals surface area contributed by atoms with Gasteiger partial charge >= 0.3 is 0 Å². The number of nitro benzene ring substituents is 1. The Bertz CT molecular complexity index is 1630. The Morgan fingerprint density at radius 1 is 1.19 bits per heavy atom. The Morgan fingerprint density at radius 2 is 2.00 bits per heavy atom. The molecule has 0 saturated carbocycles. The van der Waals surface area contributed by atoms with Crippen LogP contribution in [-0.2, 0) is 0 Å². The maximum Gasteiger partial charge on any atom is 0.288 e. The topological polar surface area (TPSA) is 90.7 Å². The zero-order chi connectivity index (χ0) is 21.9. The molecule has 31 heavy (non-hydrogen) atoms. The summed E-state index contributed by atoms with van der Waals surface area (Å²) in [5.41, 5.74) is 3.88. The van der Waals surface area contributed by atoms with Crippen molar-refractivity contribution in [2.75, 3.05) is 0 Å². The zero-order valence-corrected chi connectivity index (χ0v) is 18.0. The van der Waals surface area contributed by atoms with Crippen molar-refractivity contribution >= 4 is 50.7 Å². The number of hydrogen-bond donors (Lipinski definition) is 0. The van der Waals surface area contributed by atoms with E-state index in [0.717, 1.165) is 22.2 Å². The summed E-state index contributed by atoms with van der Waals surface area (Å²) in [5.74, 6) is 0.905. The quantitative estimate of drug-likeness (QED) is 0.287. The van der Waals surface area contributed by atoms with Gasteiger partial charge in [-0.3, -0.25) is 14.9 Å². The number of aromatic nitrogens is 2. The molecule has 0 aliphatic carbocycles. The molecule has 0 spiro atoms. The lowest BCUT2D eigenvalue weighted by molar-refractivity contribution is -0.384. The summed E-state index contributed by atoms with van der Waals surface area (Å²) in [4.78, 5) is 28.9. The fourth-order valence-corrected chi connectivity index (χ4v) is 4.78. The van der Waals surface area contributed by atoms with E-state index in [9.17, 15) is 14.9 Å². The van der Waals surface area contributed by atoms with Gasteiger partial charge in [0.1, 0.15) is 21.1 Å². The predicted octanol–water partition coefficient (Wildman–Crippen LogP) is 4.90. The minimum atomic E-state index is -0.541. The van der Waals surface area contributed by atoms with Crippen molar-refractivity contribution in [3.8, 4) is 11.3 Å². The van der Waals surface area contributed by atoms with Crippen LogP contribution in [0, 0.1) is 24.0 Å². The molecule has 5 rings (SSSR count). The maximum absolute atomic E-state index is 13.0. The number of halogens is 1. The molecular formula is C22H14ClN3O4S. The molecule has 0 amide bonds. The van der Waals surface area contributed by atoms with E-state index in [4.69, 9.17) is 16.0 Å². The van der Waals surface area contributed by atoms with Crippen molar-refractivity contribution in [3.63, 3.8) is 0 Å². The van der Waals surface area contributed by atoms with Crippen LogP contribution >= 0.6 is 22.9 Å².